The number of ether oxygens (including phenoxy) is 1. The van der Waals surface area contributed by atoms with Crippen molar-refractivity contribution < 1.29 is 41.1 Å². The van der Waals surface area contributed by atoms with Gasteiger partial charge in [-0.25, -0.2) is 4.79 Å². The molecule has 1 aliphatic carbocycles. The van der Waals surface area contributed by atoms with E-state index in [2.05, 4.69) is 0 Å². The highest BCUT2D eigenvalue weighted by molar-refractivity contribution is 5.90. The number of carbonyl (C=O) groups is 1. The van der Waals surface area contributed by atoms with Gasteiger partial charge in [-0.05, 0) is 62.8 Å². The zero-order valence-corrected chi connectivity index (χ0v) is 18.3. The molecule has 1 aromatic rings. The lowest BCUT2D eigenvalue weighted by Crippen LogP contribution is -2.50. The van der Waals surface area contributed by atoms with E-state index in [-0.39, 0.29) is 24.7 Å². The third-order valence-corrected chi connectivity index (χ3v) is 6.10. The van der Waals surface area contributed by atoms with E-state index in [1.54, 1.807) is 20.8 Å². The summed E-state index contributed by atoms with van der Waals surface area (Å²) in [6, 6.07) is 0.636. The molecule has 4 nitrogen and oxygen atoms in total. The highest BCUT2D eigenvalue weighted by Crippen LogP contribution is 2.55. The van der Waals surface area contributed by atoms with Crippen molar-refractivity contribution in [2.75, 3.05) is 0 Å². The normalized spacial score (nSPS) is 25.6. The predicted octanol–water partition coefficient (Wildman–Crippen LogP) is 6.54. The third-order valence-electron chi connectivity index (χ3n) is 6.10. The number of hydrogen-bond donors (Lipinski definition) is 0. The van der Waals surface area contributed by atoms with Gasteiger partial charge in [-0.2, -0.15) is 26.3 Å². The number of benzene rings is 1. The van der Waals surface area contributed by atoms with Crippen LogP contribution in [-0.4, -0.2) is 22.1 Å². The molecular weight excluding hydrogens is 440 g/mol. The van der Waals surface area contributed by atoms with Crippen LogP contribution in [0, 0.1) is 5.41 Å². The molecule has 0 aromatic heterocycles. The Balaban J connectivity index is 2.06. The first-order valence-corrected chi connectivity index (χ1v) is 9.98. The summed E-state index contributed by atoms with van der Waals surface area (Å²) in [6.45, 7) is 8.88. The highest BCUT2D eigenvalue weighted by Gasteiger charge is 2.57. The smallest absolute Gasteiger partial charge is 0.416 e. The van der Waals surface area contributed by atoms with E-state index < -0.39 is 51.5 Å². The summed E-state index contributed by atoms with van der Waals surface area (Å²) in [5, 5.41) is 13.9. The molecule has 1 heterocycles. The fourth-order valence-electron chi connectivity index (χ4n) is 4.94. The van der Waals surface area contributed by atoms with Gasteiger partial charge >= 0.3 is 18.3 Å². The van der Waals surface area contributed by atoms with Crippen molar-refractivity contribution in [1.29, 1.82) is 0 Å². The van der Waals surface area contributed by atoms with Gasteiger partial charge in [-0.15, -0.1) is 10.3 Å². The largest absolute Gasteiger partial charge is 0.427 e. The summed E-state index contributed by atoms with van der Waals surface area (Å²) in [5.41, 5.74) is -5.79. The van der Waals surface area contributed by atoms with Gasteiger partial charge in [0.1, 0.15) is 5.76 Å². The lowest BCUT2D eigenvalue weighted by molar-refractivity contribution is -0.251. The molecule has 177 valence electrons. The quantitative estimate of drug-likeness (QED) is 0.369. The van der Waals surface area contributed by atoms with Crippen LogP contribution >= 0.6 is 0 Å². The van der Waals surface area contributed by atoms with Crippen molar-refractivity contribution in [3.63, 3.8) is 0 Å². The summed E-state index contributed by atoms with van der Waals surface area (Å²) in [5.74, 6) is -1.20. The van der Waals surface area contributed by atoms with E-state index in [1.807, 2.05) is 13.8 Å². The topological polar surface area (TPSA) is 49.4 Å². The van der Waals surface area contributed by atoms with Gasteiger partial charge in [0.2, 0.25) is 0 Å². The van der Waals surface area contributed by atoms with Gasteiger partial charge in [-0.3, -0.25) is 0 Å². The van der Waals surface area contributed by atoms with E-state index >= 15 is 0 Å². The minimum atomic E-state index is -5.08. The number of allylic oxidation sites excluding steroid dienone is 1. The lowest BCUT2D eigenvalue weighted by atomic mass is 9.68. The van der Waals surface area contributed by atoms with Crippen LogP contribution in [0.2, 0.25) is 0 Å². The second kappa shape index (κ2) is 7.21. The summed E-state index contributed by atoms with van der Waals surface area (Å²) in [7, 11) is 0. The molecule has 0 spiro atoms. The van der Waals surface area contributed by atoms with Crippen molar-refractivity contribution in [2.45, 2.75) is 77.3 Å². The molecule has 1 fully saturated rings. The van der Waals surface area contributed by atoms with Gasteiger partial charge in [0.05, 0.1) is 22.2 Å². The van der Waals surface area contributed by atoms with Crippen molar-refractivity contribution in [1.82, 2.24) is 5.06 Å². The van der Waals surface area contributed by atoms with Crippen LogP contribution in [0.1, 0.15) is 75.4 Å². The average Bonchev–Trinajstić information content (AvgIpc) is 2.78. The molecule has 1 radical (unpaired) electrons. The van der Waals surface area contributed by atoms with Crippen LogP contribution in [-0.2, 0) is 22.3 Å². The van der Waals surface area contributed by atoms with Crippen molar-refractivity contribution in [2.24, 2.45) is 5.41 Å². The summed E-state index contributed by atoms with van der Waals surface area (Å²) < 4.78 is 84.3. The molecule has 32 heavy (non-hydrogen) atoms. The van der Waals surface area contributed by atoms with E-state index in [9.17, 15) is 36.3 Å². The molecule has 1 saturated heterocycles. The zero-order chi connectivity index (χ0) is 24.5. The average molecular weight is 464 g/mol. The maximum atomic E-state index is 13.1. The maximum Gasteiger partial charge on any atom is 0.416 e. The van der Waals surface area contributed by atoms with Crippen LogP contribution in [0.15, 0.2) is 29.5 Å². The Kier molecular flexibility index (Phi) is 5.54. The Labute approximate surface area is 181 Å². The number of alkyl halides is 6. The second-order valence-electron chi connectivity index (χ2n) is 10.2. The van der Waals surface area contributed by atoms with Crippen LogP contribution in [0.5, 0.6) is 0 Å². The number of fused-ring (bicyclic) bond motifs is 1. The number of carbonyl (C=O) groups excluding carboxylic acids is 1. The van der Waals surface area contributed by atoms with Crippen molar-refractivity contribution in [3.8, 4) is 0 Å². The van der Waals surface area contributed by atoms with E-state index in [4.69, 9.17) is 4.74 Å². The Bertz CT molecular complexity index is 945. The summed E-state index contributed by atoms with van der Waals surface area (Å²) >= 11 is 0. The standard InChI is InChI=1S/C22H24F6NO3/c1-18(2)10-16(15-9-19(3,4)29(31)20(15,5)11-18)32-17(30)12-6-13(21(23,24)25)8-14(7-12)22(26,27)28/h6-8H,9-11H2,1-5H3. The van der Waals surface area contributed by atoms with Crippen molar-refractivity contribution in [3.05, 3.63) is 46.2 Å². The van der Waals surface area contributed by atoms with Crippen LogP contribution in [0.4, 0.5) is 26.3 Å². The SMILES string of the molecule is CC1(C)CC(OC(=O)c2cc(C(F)(F)F)cc(C(F)(F)F)c2)=C2CC(C)(C)N([O])C2(C)C1. The number of hydrogen-bond acceptors (Lipinski definition) is 3. The Morgan fingerprint density at radius 2 is 1.41 bits per heavy atom. The van der Waals surface area contributed by atoms with Crippen LogP contribution < -0.4 is 0 Å². The molecule has 10 heteroatoms. The fraction of sp³-hybridized carbons (Fsp3) is 0.591. The second-order valence-corrected chi connectivity index (χ2v) is 10.2. The molecule has 3 rings (SSSR count). The molecular formula is C22H24F6NO3. The molecule has 0 N–H and O–H groups in total. The lowest BCUT2D eigenvalue weighted by Gasteiger charge is -2.44. The Morgan fingerprint density at radius 1 is 0.906 bits per heavy atom. The number of rotatable bonds is 2. The first kappa shape index (κ1) is 24.6. The minimum Gasteiger partial charge on any atom is -0.427 e. The Hall–Kier alpha value is -2.07. The molecule has 1 aromatic carbocycles. The van der Waals surface area contributed by atoms with Gasteiger partial charge in [0.15, 0.2) is 0 Å². The fourth-order valence-corrected chi connectivity index (χ4v) is 4.94. The molecule has 0 bridgehead atoms. The van der Waals surface area contributed by atoms with Gasteiger partial charge in [0.25, 0.3) is 0 Å². The zero-order valence-electron chi connectivity index (χ0n) is 18.3. The van der Waals surface area contributed by atoms with Gasteiger partial charge in [0, 0.05) is 12.0 Å². The van der Waals surface area contributed by atoms with Crippen LogP contribution in [0.25, 0.3) is 0 Å². The number of esters is 1. The third kappa shape index (κ3) is 4.39. The molecule has 1 unspecified atom stereocenters. The molecule has 1 aliphatic heterocycles. The summed E-state index contributed by atoms with van der Waals surface area (Å²) in [4.78, 5) is 12.7. The number of hydroxylamine groups is 2. The minimum absolute atomic E-state index is 0.0474. The van der Waals surface area contributed by atoms with E-state index in [0.717, 1.165) is 5.06 Å². The maximum absolute atomic E-state index is 13.1. The first-order chi connectivity index (χ1) is 14.3. The highest BCUT2D eigenvalue weighted by atomic mass is 19.4. The van der Waals surface area contributed by atoms with Gasteiger partial charge < -0.3 is 4.74 Å². The van der Waals surface area contributed by atoms with E-state index in [0.29, 0.717) is 24.1 Å². The summed E-state index contributed by atoms with van der Waals surface area (Å²) in [6.07, 6.45) is -9.21. The molecule has 1 atom stereocenters. The molecule has 2 aliphatic rings. The monoisotopic (exact) mass is 464 g/mol. The number of halogens is 6. The molecule has 0 saturated carbocycles. The molecule has 0 amide bonds. The Morgan fingerprint density at radius 3 is 1.88 bits per heavy atom. The van der Waals surface area contributed by atoms with Crippen LogP contribution in [0.3, 0.4) is 0 Å². The number of nitrogens with zero attached hydrogens (tertiary/aromatic N) is 1. The first-order valence-electron chi connectivity index (χ1n) is 9.98. The van der Waals surface area contributed by atoms with E-state index in [1.165, 1.54) is 0 Å². The predicted molar refractivity (Wildman–Crippen MR) is 102 cm³/mol. The van der Waals surface area contributed by atoms with Crippen molar-refractivity contribution >= 4 is 5.97 Å². The van der Waals surface area contributed by atoms with Gasteiger partial charge in [-0.1, -0.05) is 13.8 Å².